The molecule has 2 rings (SSSR count). The number of nitrogens with zero attached hydrogens (tertiary/aromatic N) is 2. The van der Waals surface area contributed by atoms with Crippen LogP contribution < -0.4 is 4.74 Å². The molecule has 1 heterocycles. The lowest BCUT2D eigenvalue weighted by Crippen LogP contribution is -2.45. The summed E-state index contributed by atoms with van der Waals surface area (Å²) in [5, 5.41) is 8.89. The Hall–Kier alpha value is -1.59. The molecule has 1 aromatic rings. The van der Waals surface area contributed by atoms with Gasteiger partial charge in [0.25, 0.3) is 0 Å². The van der Waals surface area contributed by atoms with Crippen molar-refractivity contribution in [3.05, 3.63) is 29.3 Å². The Balaban J connectivity index is 1.71. The number of hydrogen-bond donors (Lipinski definition) is 1. The quantitative estimate of drug-likeness (QED) is 0.783. The summed E-state index contributed by atoms with van der Waals surface area (Å²) in [6.45, 7) is 10.3. The van der Waals surface area contributed by atoms with E-state index in [1.54, 1.807) is 0 Å². The predicted molar refractivity (Wildman–Crippen MR) is 100 cm³/mol. The highest BCUT2D eigenvalue weighted by Crippen LogP contribution is 2.23. The Morgan fingerprint density at radius 1 is 1.36 bits per heavy atom. The Labute approximate surface area is 151 Å². The first-order valence-corrected chi connectivity index (χ1v) is 9.24. The van der Waals surface area contributed by atoms with E-state index in [9.17, 15) is 4.79 Å². The normalized spacial score (nSPS) is 16.6. The number of aliphatic carboxylic acids is 1. The molecule has 5 nitrogen and oxygen atoms in total. The van der Waals surface area contributed by atoms with Crippen LogP contribution in [-0.2, 0) is 4.79 Å². The number of likely N-dealkylation sites (tertiary alicyclic amines) is 1. The number of likely N-dealkylation sites (N-methyl/N-ethyl adjacent to an activating group) is 1. The molecular weight excluding hydrogens is 316 g/mol. The van der Waals surface area contributed by atoms with Crippen molar-refractivity contribution in [2.75, 3.05) is 39.8 Å². The summed E-state index contributed by atoms with van der Waals surface area (Å²) in [4.78, 5) is 15.2. The Morgan fingerprint density at radius 3 is 2.60 bits per heavy atom. The van der Waals surface area contributed by atoms with E-state index in [2.05, 4.69) is 43.9 Å². The second-order valence-corrected chi connectivity index (χ2v) is 7.40. The minimum absolute atomic E-state index is 0.125. The van der Waals surface area contributed by atoms with Gasteiger partial charge in [0.1, 0.15) is 12.4 Å². The Kier molecular flexibility index (Phi) is 7.26. The van der Waals surface area contributed by atoms with Crippen LogP contribution in [0.15, 0.2) is 18.2 Å². The lowest BCUT2D eigenvalue weighted by molar-refractivity contribution is -0.138. The molecule has 0 atom stereocenters. The molecular formula is C20H32N2O3. The molecule has 5 heteroatoms. The summed E-state index contributed by atoms with van der Waals surface area (Å²) >= 11 is 0. The molecule has 1 aliphatic rings. The number of carboxylic acid groups (broad SMARTS) is 1. The van der Waals surface area contributed by atoms with Gasteiger partial charge in [0, 0.05) is 12.6 Å². The van der Waals surface area contributed by atoms with E-state index in [-0.39, 0.29) is 6.54 Å². The standard InChI is InChI=1S/C20H32N2O3/c1-15(2)19-6-5-18(13-16(19)3)25-12-11-22-9-7-17(8-10-22)21(4)14-20(23)24/h5-6,13,15,17H,7-12,14H2,1-4H3,(H,23,24). The lowest BCUT2D eigenvalue weighted by Gasteiger charge is -2.36. The molecule has 1 aliphatic heterocycles. The summed E-state index contributed by atoms with van der Waals surface area (Å²) in [5.74, 6) is 0.727. The van der Waals surface area contributed by atoms with Crippen molar-refractivity contribution in [1.82, 2.24) is 9.80 Å². The van der Waals surface area contributed by atoms with Crippen molar-refractivity contribution >= 4 is 5.97 Å². The van der Waals surface area contributed by atoms with Crippen molar-refractivity contribution in [3.63, 3.8) is 0 Å². The van der Waals surface area contributed by atoms with E-state index in [4.69, 9.17) is 9.84 Å². The molecule has 1 aromatic carbocycles. The maximum absolute atomic E-state index is 10.8. The van der Waals surface area contributed by atoms with E-state index >= 15 is 0 Å². The number of ether oxygens (including phenoxy) is 1. The Bertz CT molecular complexity index is 566. The first kappa shape index (κ1) is 19.7. The molecule has 0 unspecified atom stereocenters. The average Bonchev–Trinajstić information content (AvgIpc) is 2.54. The predicted octanol–water partition coefficient (Wildman–Crippen LogP) is 2.98. The number of aryl methyl sites for hydroxylation is 1. The highest BCUT2D eigenvalue weighted by molar-refractivity contribution is 5.69. The molecule has 1 saturated heterocycles. The van der Waals surface area contributed by atoms with Gasteiger partial charge in [-0.1, -0.05) is 19.9 Å². The number of hydrogen-bond acceptors (Lipinski definition) is 4. The first-order valence-electron chi connectivity index (χ1n) is 9.24. The Morgan fingerprint density at radius 2 is 2.04 bits per heavy atom. The highest BCUT2D eigenvalue weighted by atomic mass is 16.5. The van der Waals surface area contributed by atoms with Crippen LogP contribution in [0.3, 0.4) is 0 Å². The largest absolute Gasteiger partial charge is 0.492 e. The van der Waals surface area contributed by atoms with Crippen LogP contribution in [0.25, 0.3) is 0 Å². The summed E-state index contributed by atoms with van der Waals surface area (Å²) in [5.41, 5.74) is 2.66. The van der Waals surface area contributed by atoms with Gasteiger partial charge in [0.05, 0.1) is 6.54 Å². The van der Waals surface area contributed by atoms with Gasteiger partial charge in [0.15, 0.2) is 0 Å². The third-order valence-electron chi connectivity index (χ3n) is 5.10. The molecule has 0 radical (unpaired) electrons. The van der Waals surface area contributed by atoms with E-state index in [1.165, 1.54) is 11.1 Å². The molecule has 0 aromatic heterocycles. The topological polar surface area (TPSA) is 53.0 Å². The summed E-state index contributed by atoms with van der Waals surface area (Å²) in [7, 11) is 1.90. The number of benzene rings is 1. The second kappa shape index (κ2) is 9.20. The summed E-state index contributed by atoms with van der Waals surface area (Å²) in [6.07, 6.45) is 2.04. The van der Waals surface area contributed by atoms with Crippen LogP contribution >= 0.6 is 0 Å². The van der Waals surface area contributed by atoms with E-state index in [0.29, 0.717) is 18.6 Å². The van der Waals surface area contributed by atoms with E-state index < -0.39 is 5.97 Å². The summed E-state index contributed by atoms with van der Waals surface area (Å²) < 4.78 is 5.92. The number of carbonyl (C=O) groups is 1. The minimum Gasteiger partial charge on any atom is -0.492 e. The van der Waals surface area contributed by atoms with Gasteiger partial charge in [-0.3, -0.25) is 14.6 Å². The van der Waals surface area contributed by atoms with Crippen LogP contribution in [0.4, 0.5) is 0 Å². The number of carboxylic acids is 1. The van der Waals surface area contributed by atoms with Gasteiger partial charge < -0.3 is 9.84 Å². The van der Waals surface area contributed by atoms with Crippen molar-refractivity contribution in [2.24, 2.45) is 0 Å². The molecule has 0 amide bonds. The minimum atomic E-state index is -0.753. The van der Waals surface area contributed by atoms with Crippen LogP contribution in [0.1, 0.15) is 43.7 Å². The van der Waals surface area contributed by atoms with Crippen LogP contribution in [0.2, 0.25) is 0 Å². The fourth-order valence-electron chi connectivity index (χ4n) is 3.60. The third-order valence-corrected chi connectivity index (χ3v) is 5.10. The van der Waals surface area contributed by atoms with Crippen LogP contribution in [0.5, 0.6) is 5.75 Å². The molecule has 1 fully saturated rings. The molecule has 0 saturated carbocycles. The molecule has 0 spiro atoms. The summed E-state index contributed by atoms with van der Waals surface area (Å²) in [6, 6.07) is 6.73. The zero-order chi connectivity index (χ0) is 18.4. The van der Waals surface area contributed by atoms with E-state index in [1.807, 2.05) is 11.9 Å². The van der Waals surface area contributed by atoms with Crippen molar-refractivity contribution in [2.45, 2.75) is 45.6 Å². The zero-order valence-corrected chi connectivity index (χ0v) is 16.0. The van der Waals surface area contributed by atoms with Crippen molar-refractivity contribution in [3.8, 4) is 5.75 Å². The lowest BCUT2D eigenvalue weighted by atomic mass is 9.98. The average molecular weight is 348 g/mol. The van der Waals surface area contributed by atoms with Crippen LogP contribution in [-0.4, -0.2) is 66.8 Å². The fourth-order valence-corrected chi connectivity index (χ4v) is 3.60. The molecule has 0 aliphatic carbocycles. The van der Waals surface area contributed by atoms with Gasteiger partial charge in [-0.2, -0.15) is 0 Å². The van der Waals surface area contributed by atoms with Gasteiger partial charge in [-0.15, -0.1) is 0 Å². The van der Waals surface area contributed by atoms with Crippen molar-refractivity contribution < 1.29 is 14.6 Å². The van der Waals surface area contributed by atoms with E-state index in [0.717, 1.165) is 38.2 Å². The molecule has 1 N–H and O–H groups in total. The maximum Gasteiger partial charge on any atom is 0.317 e. The van der Waals surface area contributed by atoms with Gasteiger partial charge in [0.2, 0.25) is 0 Å². The molecule has 140 valence electrons. The van der Waals surface area contributed by atoms with Gasteiger partial charge in [-0.05, 0) is 69.1 Å². The number of piperidine rings is 1. The molecule has 25 heavy (non-hydrogen) atoms. The first-order chi connectivity index (χ1) is 11.9. The van der Waals surface area contributed by atoms with Crippen LogP contribution in [0, 0.1) is 6.92 Å². The zero-order valence-electron chi connectivity index (χ0n) is 16.0. The van der Waals surface area contributed by atoms with Crippen molar-refractivity contribution in [1.29, 1.82) is 0 Å². The second-order valence-electron chi connectivity index (χ2n) is 7.40. The fraction of sp³-hybridized carbons (Fsp3) is 0.650. The van der Waals surface area contributed by atoms with Gasteiger partial charge >= 0.3 is 5.97 Å². The molecule has 0 bridgehead atoms. The smallest absolute Gasteiger partial charge is 0.317 e. The third kappa shape index (κ3) is 6.01. The highest BCUT2D eigenvalue weighted by Gasteiger charge is 2.23. The monoisotopic (exact) mass is 348 g/mol. The number of rotatable bonds is 8. The van der Waals surface area contributed by atoms with Gasteiger partial charge in [-0.25, -0.2) is 0 Å². The maximum atomic E-state index is 10.8. The SMILES string of the molecule is Cc1cc(OCCN2CCC(N(C)CC(=O)O)CC2)ccc1C(C)C.